The van der Waals surface area contributed by atoms with Crippen LogP contribution in [0.3, 0.4) is 0 Å². The minimum absolute atomic E-state index is 0.965. The number of rotatable bonds is 4. The summed E-state index contributed by atoms with van der Waals surface area (Å²) in [4.78, 5) is 5.16. The summed E-state index contributed by atoms with van der Waals surface area (Å²) >= 11 is 5.27. The molecule has 0 radical (unpaired) electrons. The summed E-state index contributed by atoms with van der Waals surface area (Å²) in [5, 5.41) is 0. The molecule has 0 amide bonds. The van der Waals surface area contributed by atoms with Gasteiger partial charge in [-0.3, -0.25) is 4.99 Å². The van der Waals surface area contributed by atoms with E-state index in [2.05, 4.69) is 25.8 Å². The Morgan fingerprint density at radius 1 is 1.18 bits per heavy atom. The average Bonchev–Trinajstić information content (AvgIpc) is 2.08. The summed E-state index contributed by atoms with van der Waals surface area (Å²) in [6, 6.07) is 0. The summed E-state index contributed by atoms with van der Waals surface area (Å²) < 4.78 is 0. The van der Waals surface area contributed by atoms with Gasteiger partial charge in [0.1, 0.15) is 0 Å². The SMILES string of the molecule is CC[P+](CC)(CC)C([S-])=NC. The van der Waals surface area contributed by atoms with Gasteiger partial charge in [-0.05, 0) is 20.8 Å². The molecule has 0 aromatic rings. The molecular weight excluding hydrogens is 173 g/mol. The monoisotopic (exact) mass is 191 g/mol. The molecule has 0 fully saturated rings. The Labute approximate surface area is 76.4 Å². The normalized spacial score (nSPS) is 13.6. The second-order valence-electron chi connectivity index (χ2n) is 2.60. The Kier molecular flexibility index (Phi) is 5.20. The average molecular weight is 191 g/mol. The third-order valence-electron chi connectivity index (χ3n) is 2.41. The predicted octanol–water partition coefficient (Wildman–Crippen LogP) is 2.60. The van der Waals surface area contributed by atoms with E-state index in [-0.39, 0.29) is 0 Å². The van der Waals surface area contributed by atoms with Gasteiger partial charge >= 0.3 is 0 Å². The van der Waals surface area contributed by atoms with E-state index in [1.165, 1.54) is 18.5 Å². The first-order valence-corrected chi connectivity index (χ1v) is 6.92. The Bertz CT molecular complexity index is 133. The quantitative estimate of drug-likeness (QED) is 0.288. The fraction of sp³-hybridized carbons (Fsp3) is 0.875. The molecule has 1 nitrogen and oxygen atoms in total. The van der Waals surface area contributed by atoms with Crippen molar-refractivity contribution in [3.05, 3.63) is 0 Å². The highest BCUT2D eigenvalue weighted by molar-refractivity contribution is 8.11. The first kappa shape index (κ1) is 11.3. The van der Waals surface area contributed by atoms with E-state index in [0.29, 0.717) is 0 Å². The van der Waals surface area contributed by atoms with Gasteiger partial charge in [0.05, 0.1) is 18.5 Å². The summed E-state index contributed by atoms with van der Waals surface area (Å²) in [5.41, 5.74) is 0. The molecule has 0 atom stereocenters. The van der Waals surface area contributed by atoms with Crippen LogP contribution in [0.2, 0.25) is 0 Å². The summed E-state index contributed by atoms with van der Waals surface area (Å²) in [5.74, 6) is 0. The molecule has 3 heteroatoms. The molecular formula is C8H18NPS. The maximum absolute atomic E-state index is 5.27. The van der Waals surface area contributed by atoms with E-state index in [9.17, 15) is 0 Å². The summed E-state index contributed by atoms with van der Waals surface area (Å²) in [7, 11) is 0.852. The zero-order valence-corrected chi connectivity index (χ0v) is 9.63. The lowest BCUT2D eigenvalue weighted by Crippen LogP contribution is -2.11. The molecule has 0 saturated heterocycles. The van der Waals surface area contributed by atoms with Crippen molar-refractivity contribution in [3.8, 4) is 0 Å². The van der Waals surface area contributed by atoms with Crippen LogP contribution in [0.4, 0.5) is 0 Å². The highest BCUT2D eigenvalue weighted by Gasteiger charge is 2.30. The first-order valence-electron chi connectivity index (χ1n) is 4.17. The van der Waals surface area contributed by atoms with Crippen LogP contribution in [0.1, 0.15) is 20.8 Å². The Hall–Kier alpha value is 0.320. The summed E-state index contributed by atoms with van der Waals surface area (Å²) in [6.07, 6.45) is 3.66. The molecule has 0 bridgehead atoms. The van der Waals surface area contributed by atoms with Gasteiger partial charge < -0.3 is 12.6 Å². The smallest absolute Gasteiger partial charge is 0.0607 e. The minimum Gasteiger partial charge on any atom is -0.722 e. The molecule has 0 aromatic carbocycles. The van der Waals surface area contributed by atoms with Crippen LogP contribution >= 0.6 is 7.26 Å². The highest BCUT2D eigenvalue weighted by Crippen LogP contribution is 2.58. The Morgan fingerprint density at radius 3 is 1.64 bits per heavy atom. The van der Waals surface area contributed by atoms with Crippen molar-refractivity contribution in [2.45, 2.75) is 20.8 Å². The second-order valence-corrected chi connectivity index (χ2v) is 7.90. The van der Waals surface area contributed by atoms with Crippen LogP contribution < -0.4 is 0 Å². The molecule has 11 heavy (non-hydrogen) atoms. The van der Waals surface area contributed by atoms with Gasteiger partial charge in [-0.25, -0.2) is 0 Å². The molecule has 0 aliphatic carbocycles. The molecule has 0 spiro atoms. The van der Waals surface area contributed by atoms with Gasteiger partial charge in [-0.1, -0.05) is 0 Å². The summed E-state index contributed by atoms with van der Waals surface area (Å²) in [6.45, 7) is 6.70. The molecule has 0 unspecified atom stereocenters. The fourth-order valence-corrected chi connectivity index (χ4v) is 5.03. The van der Waals surface area contributed by atoms with E-state index in [0.717, 1.165) is 4.78 Å². The van der Waals surface area contributed by atoms with E-state index >= 15 is 0 Å². The topological polar surface area (TPSA) is 12.4 Å². The number of hydrogen-bond donors (Lipinski definition) is 0. The lowest BCUT2D eigenvalue weighted by atomic mass is 10.9. The Balaban J connectivity index is 4.54. The molecule has 0 aliphatic heterocycles. The van der Waals surface area contributed by atoms with Gasteiger partial charge in [0, 0.05) is 19.1 Å². The van der Waals surface area contributed by atoms with Crippen molar-refractivity contribution >= 4 is 24.7 Å². The van der Waals surface area contributed by atoms with Gasteiger partial charge in [0.15, 0.2) is 0 Å². The van der Waals surface area contributed by atoms with E-state index in [4.69, 9.17) is 12.6 Å². The molecule has 66 valence electrons. The van der Waals surface area contributed by atoms with Crippen molar-refractivity contribution in [3.63, 3.8) is 0 Å². The number of hydrogen-bond acceptors (Lipinski definition) is 2. The van der Waals surface area contributed by atoms with Gasteiger partial charge in [-0.15, -0.1) is 0 Å². The van der Waals surface area contributed by atoms with Gasteiger partial charge in [0.2, 0.25) is 0 Å². The first-order chi connectivity index (χ1) is 5.16. The molecule has 0 heterocycles. The van der Waals surface area contributed by atoms with Crippen LogP contribution in [0.5, 0.6) is 0 Å². The van der Waals surface area contributed by atoms with Crippen molar-refractivity contribution in [2.24, 2.45) is 4.99 Å². The highest BCUT2D eigenvalue weighted by atomic mass is 32.1. The van der Waals surface area contributed by atoms with Crippen molar-refractivity contribution in [1.29, 1.82) is 0 Å². The van der Waals surface area contributed by atoms with E-state index in [1.807, 2.05) is 7.05 Å². The zero-order chi connectivity index (χ0) is 8.91. The van der Waals surface area contributed by atoms with Crippen LogP contribution in [0.15, 0.2) is 4.99 Å². The van der Waals surface area contributed by atoms with Crippen LogP contribution in [0, 0.1) is 0 Å². The van der Waals surface area contributed by atoms with Crippen LogP contribution in [0.25, 0.3) is 0 Å². The molecule has 0 N–H and O–H groups in total. The maximum atomic E-state index is 5.27. The third-order valence-corrected chi connectivity index (χ3v) is 8.40. The zero-order valence-electron chi connectivity index (χ0n) is 7.92. The maximum Gasteiger partial charge on any atom is 0.0607 e. The number of nitrogens with zero attached hydrogens (tertiary/aromatic N) is 1. The molecule has 0 saturated carbocycles. The largest absolute Gasteiger partial charge is 0.722 e. The fourth-order valence-electron chi connectivity index (χ4n) is 1.29. The second kappa shape index (κ2) is 5.05. The standard InChI is InChI=1S/C8H18NPS/c1-5-10(6-2,7-3)8(11)9-4/h5-7H2,1-4H3. The van der Waals surface area contributed by atoms with E-state index < -0.39 is 7.26 Å². The molecule has 0 rings (SSSR count). The minimum atomic E-state index is -0.965. The lowest BCUT2D eigenvalue weighted by Gasteiger charge is -2.28. The molecule has 0 aromatic heterocycles. The van der Waals surface area contributed by atoms with Gasteiger partial charge in [-0.2, -0.15) is 0 Å². The van der Waals surface area contributed by atoms with Gasteiger partial charge in [0.25, 0.3) is 0 Å². The van der Waals surface area contributed by atoms with Crippen molar-refractivity contribution < 1.29 is 0 Å². The lowest BCUT2D eigenvalue weighted by molar-refractivity contribution is 1.32. The number of aliphatic imine (C=N–C) groups is 1. The van der Waals surface area contributed by atoms with Crippen molar-refractivity contribution in [1.82, 2.24) is 0 Å². The van der Waals surface area contributed by atoms with Crippen molar-refractivity contribution in [2.75, 3.05) is 25.5 Å². The third kappa shape index (κ3) is 2.38. The molecule has 0 aliphatic rings. The Morgan fingerprint density at radius 2 is 1.55 bits per heavy atom. The van der Waals surface area contributed by atoms with Crippen LogP contribution in [-0.4, -0.2) is 30.3 Å². The predicted molar refractivity (Wildman–Crippen MR) is 59.3 cm³/mol. The van der Waals surface area contributed by atoms with Crippen LogP contribution in [-0.2, 0) is 12.6 Å². The van der Waals surface area contributed by atoms with E-state index in [1.54, 1.807) is 0 Å².